The van der Waals surface area contributed by atoms with Gasteiger partial charge in [-0.05, 0) is 86.7 Å². The van der Waals surface area contributed by atoms with Crippen LogP contribution in [-0.4, -0.2) is 41.0 Å². The van der Waals surface area contributed by atoms with Crippen LogP contribution in [0.15, 0.2) is 24.3 Å². The second-order valence-electron chi connectivity index (χ2n) is 10.2. The molecular weight excluding hydrogens is 364 g/mol. The van der Waals surface area contributed by atoms with Crippen molar-refractivity contribution >= 4 is 11.8 Å². The van der Waals surface area contributed by atoms with Crippen LogP contribution in [0.3, 0.4) is 0 Å². The van der Waals surface area contributed by atoms with Gasteiger partial charge in [0.05, 0.1) is 5.56 Å². The first-order valence-corrected chi connectivity index (χ1v) is 11.4. The highest BCUT2D eigenvalue weighted by molar-refractivity contribution is 5.96. The van der Waals surface area contributed by atoms with Crippen LogP contribution in [-0.2, 0) is 4.79 Å². The summed E-state index contributed by atoms with van der Waals surface area (Å²) >= 11 is 0. The van der Waals surface area contributed by atoms with Gasteiger partial charge >= 0.3 is 0 Å². The molecule has 0 aromatic heterocycles. The van der Waals surface area contributed by atoms with Crippen LogP contribution in [0.4, 0.5) is 0 Å². The van der Waals surface area contributed by atoms with Gasteiger partial charge in [0.2, 0.25) is 5.91 Å². The minimum absolute atomic E-state index is 0.00758. The maximum absolute atomic E-state index is 13.1. The minimum atomic E-state index is -0.235. The fraction of sp³-hybridized carbons (Fsp3) is 0.667. The Labute approximate surface area is 172 Å². The number of phenolic OH excluding ortho intramolecular Hbond substituents is 1. The number of likely N-dealkylation sites (tertiary alicyclic amines) is 1. The van der Waals surface area contributed by atoms with E-state index in [9.17, 15) is 14.7 Å². The van der Waals surface area contributed by atoms with Crippen molar-refractivity contribution in [3.05, 3.63) is 29.8 Å². The molecule has 4 bridgehead atoms. The van der Waals surface area contributed by atoms with Gasteiger partial charge in [-0.15, -0.1) is 0 Å². The lowest BCUT2D eigenvalue weighted by Crippen LogP contribution is -2.50. The molecule has 0 atom stereocenters. The lowest BCUT2D eigenvalue weighted by atomic mass is 9.49. The third-order valence-electron chi connectivity index (χ3n) is 8.02. The zero-order chi connectivity index (χ0) is 20.0. The lowest BCUT2D eigenvalue weighted by Gasteiger charge is -2.57. The third-order valence-corrected chi connectivity index (χ3v) is 8.02. The second-order valence-corrected chi connectivity index (χ2v) is 10.2. The normalized spacial score (nSPS) is 33.7. The molecule has 1 aliphatic heterocycles. The number of nitrogens with zero attached hydrogens (tertiary/aromatic N) is 1. The lowest BCUT2D eigenvalue weighted by molar-refractivity contribution is -0.140. The molecule has 5 nitrogen and oxygen atoms in total. The molecule has 1 heterocycles. The van der Waals surface area contributed by atoms with Crippen molar-refractivity contribution in [2.45, 2.75) is 63.8 Å². The Morgan fingerprint density at radius 3 is 2.17 bits per heavy atom. The number of benzene rings is 1. The maximum Gasteiger partial charge on any atom is 0.255 e. The summed E-state index contributed by atoms with van der Waals surface area (Å²) in [5, 5.41) is 12.9. The first-order valence-electron chi connectivity index (χ1n) is 11.4. The first-order chi connectivity index (χ1) is 14.0. The molecule has 2 amide bonds. The Morgan fingerprint density at radius 2 is 1.59 bits per heavy atom. The molecule has 1 aromatic rings. The van der Waals surface area contributed by atoms with E-state index >= 15 is 0 Å². The van der Waals surface area contributed by atoms with Crippen molar-refractivity contribution in [2.24, 2.45) is 23.2 Å². The van der Waals surface area contributed by atoms with E-state index in [4.69, 9.17) is 0 Å². The summed E-state index contributed by atoms with van der Waals surface area (Å²) in [7, 11) is 0. The van der Waals surface area contributed by atoms with E-state index in [1.165, 1.54) is 44.6 Å². The molecule has 5 fully saturated rings. The predicted octanol–water partition coefficient (Wildman–Crippen LogP) is 3.72. The summed E-state index contributed by atoms with van der Waals surface area (Å²) in [5.41, 5.74) is 0.606. The Bertz CT molecular complexity index is 762. The van der Waals surface area contributed by atoms with Crippen LogP contribution < -0.4 is 5.32 Å². The summed E-state index contributed by atoms with van der Waals surface area (Å²) in [6.45, 7) is 1.44. The molecule has 29 heavy (non-hydrogen) atoms. The number of phenols is 1. The molecule has 0 unspecified atom stereocenters. The predicted molar refractivity (Wildman–Crippen MR) is 110 cm³/mol. The van der Waals surface area contributed by atoms with Gasteiger partial charge in [-0.25, -0.2) is 0 Å². The largest absolute Gasteiger partial charge is 0.507 e. The number of hydrogen-bond acceptors (Lipinski definition) is 3. The number of piperidine rings is 1. The summed E-state index contributed by atoms with van der Waals surface area (Å²) in [6.07, 6.45) is 10.4. The SMILES string of the molecule is O=C(NC1CCN(C(=O)CC23CC4CC(CC(C4)C2)C3)CC1)c1ccccc1O. The molecule has 5 aliphatic rings. The van der Waals surface area contributed by atoms with Crippen LogP contribution in [0.2, 0.25) is 0 Å². The molecule has 4 saturated carbocycles. The molecule has 0 radical (unpaired) electrons. The van der Waals surface area contributed by atoms with E-state index in [0.29, 0.717) is 16.9 Å². The van der Waals surface area contributed by atoms with Gasteiger partial charge < -0.3 is 15.3 Å². The van der Waals surface area contributed by atoms with Crippen LogP contribution in [0.25, 0.3) is 0 Å². The van der Waals surface area contributed by atoms with E-state index in [1.54, 1.807) is 18.2 Å². The van der Waals surface area contributed by atoms with Crippen LogP contribution >= 0.6 is 0 Å². The molecule has 6 rings (SSSR count). The van der Waals surface area contributed by atoms with Crippen molar-refractivity contribution in [3.63, 3.8) is 0 Å². The van der Waals surface area contributed by atoms with E-state index in [1.807, 2.05) is 4.90 Å². The molecule has 1 saturated heterocycles. The average molecular weight is 397 g/mol. The molecule has 2 N–H and O–H groups in total. The highest BCUT2D eigenvalue weighted by atomic mass is 16.3. The van der Waals surface area contributed by atoms with E-state index in [2.05, 4.69) is 5.32 Å². The first kappa shape index (κ1) is 19.0. The standard InChI is InChI=1S/C24H32N2O3/c27-21-4-2-1-3-20(21)23(29)25-19-5-7-26(8-6-19)22(28)15-24-12-16-9-17(13-24)11-18(10-16)14-24/h1-4,16-19,27H,5-15H2,(H,25,29). The van der Waals surface area contributed by atoms with Gasteiger partial charge in [-0.3, -0.25) is 9.59 Å². The Morgan fingerprint density at radius 1 is 1.00 bits per heavy atom. The smallest absolute Gasteiger partial charge is 0.255 e. The number of nitrogens with one attached hydrogen (secondary N) is 1. The van der Waals surface area contributed by atoms with Gasteiger partial charge in [0.1, 0.15) is 5.75 Å². The topological polar surface area (TPSA) is 69.6 Å². The van der Waals surface area contributed by atoms with E-state index in [0.717, 1.165) is 50.1 Å². The summed E-state index contributed by atoms with van der Waals surface area (Å²) in [5.74, 6) is 2.74. The third kappa shape index (κ3) is 3.76. The molecule has 156 valence electrons. The number of amides is 2. The monoisotopic (exact) mass is 396 g/mol. The van der Waals surface area contributed by atoms with Gasteiger partial charge in [0, 0.05) is 25.6 Å². The summed E-state index contributed by atoms with van der Waals surface area (Å²) in [4.78, 5) is 27.5. The number of carbonyl (C=O) groups excluding carboxylic acids is 2. The highest BCUT2D eigenvalue weighted by Crippen LogP contribution is 2.61. The number of para-hydroxylation sites is 1. The second kappa shape index (κ2) is 7.33. The maximum atomic E-state index is 13.1. The fourth-order valence-corrected chi connectivity index (χ4v) is 7.14. The van der Waals surface area contributed by atoms with E-state index in [-0.39, 0.29) is 17.7 Å². The van der Waals surface area contributed by atoms with Gasteiger partial charge in [-0.2, -0.15) is 0 Å². The highest BCUT2D eigenvalue weighted by Gasteiger charge is 2.51. The number of carbonyl (C=O) groups is 2. The summed E-state index contributed by atoms with van der Waals surface area (Å²) in [6, 6.07) is 6.68. The molecule has 4 aliphatic carbocycles. The van der Waals surface area contributed by atoms with Gasteiger partial charge in [0.25, 0.3) is 5.91 Å². The van der Waals surface area contributed by atoms with Gasteiger partial charge in [0.15, 0.2) is 0 Å². The Kier molecular flexibility index (Phi) is 4.79. The van der Waals surface area contributed by atoms with Crippen molar-refractivity contribution in [1.82, 2.24) is 10.2 Å². The minimum Gasteiger partial charge on any atom is -0.507 e. The zero-order valence-electron chi connectivity index (χ0n) is 17.1. The number of rotatable bonds is 4. The van der Waals surface area contributed by atoms with Crippen LogP contribution in [0, 0.1) is 23.2 Å². The van der Waals surface area contributed by atoms with Crippen LogP contribution in [0.1, 0.15) is 68.1 Å². The fourth-order valence-electron chi connectivity index (χ4n) is 7.14. The van der Waals surface area contributed by atoms with Crippen molar-refractivity contribution < 1.29 is 14.7 Å². The zero-order valence-corrected chi connectivity index (χ0v) is 17.1. The average Bonchev–Trinajstić information content (AvgIpc) is 2.67. The Hall–Kier alpha value is -2.04. The van der Waals surface area contributed by atoms with Crippen molar-refractivity contribution in [3.8, 4) is 5.75 Å². The molecule has 0 spiro atoms. The number of aromatic hydroxyl groups is 1. The quantitative estimate of drug-likeness (QED) is 0.815. The van der Waals surface area contributed by atoms with Crippen molar-refractivity contribution in [2.75, 3.05) is 13.1 Å². The van der Waals surface area contributed by atoms with Crippen LogP contribution in [0.5, 0.6) is 5.75 Å². The number of hydrogen-bond donors (Lipinski definition) is 2. The summed E-state index contributed by atoms with van der Waals surface area (Å²) < 4.78 is 0. The Balaban J connectivity index is 1.14. The van der Waals surface area contributed by atoms with Gasteiger partial charge in [-0.1, -0.05) is 12.1 Å². The molecular formula is C24H32N2O3. The van der Waals surface area contributed by atoms with E-state index < -0.39 is 0 Å². The molecule has 1 aromatic carbocycles. The van der Waals surface area contributed by atoms with Crippen molar-refractivity contribution in [1.29, 1.82) is 0 Å². The molecule has 5 heteroatoms.